The number of nitrogens with one attached hydrogen (secondary N) is 1. The number of nitrogens with zero attached hydrogens (tertiary/aromatic N) is 2. The SMILES string of the molecule is CC(=O)Nc1ccc(N2C(=O)CC(N(CC3CCCO3)S(=O)(=O)c3ccc(Br)cc3)C2=O)cc1. The van der Waals surface area contributed by atoms with Gasteiger partial charge in [-0.05, 0) is 61.4 Å². The first-order chi connectivity index (χ1) is 16.2. The Balaban J connectivity index is 1.65. The van der Waals surface area contributed by atoms with Crippen LogP contribution in [0.2, 0.25) is 0 Å². The molecule has 2 fully saturated rings. The average Bonchev–Trinajstić information content (AvgIpc) is 3.40. The number of halogens is 1. The number of anilines is 2. The molecular formula is C23H24BrN3O6S. The largest absolute Gasteiger partial charge is 0.377 e. The number of benzene rings is 2. The van der Waals surface area contributed by atoms with Crippen LogP contribution < -0.4 is 10.2 Å². The van der Waals surface area contributed by atoms with Gasteiger partial charge in [0.1, 0.15) is 6.04 Å². The number of amides is 3. The third-order valence-corrected chi connectivity index (χ3v) is 8.16. The van der Waals surface area contributed by atoms with Gasteiger partial charge in [-0.2, -0.15) is 4.31 Å². The molecule has 2 aliphatic heterocycles. The molecule has 2 atom stereocenters. The second kappa shape index (κ2) is 9.95. The van der Waals surface area contributed by atoms with Crippen LogP contribution in [-0.4, -0.2) is 55.7 Å². The number of ether oxygens (including phenoxy) is 1. The maximum atomic E-state index is 13.6. The summed E-state index contributed by atoms with van der Waals surface area (Å²) < 4.78 is 34.7. The normalized spacial score (nSPS) is 20.9. The molecule has 0 bridgehead atoms. The second-order valence-electron chi connectivity index (χ2n) is 8.18. The average molecular weight is 550 g/mol. The number of carbonyl (C=O) groups is 3. The van der Waals surface area contributed by atoms with Crippen molar-refractivity contribution in [2.75, 3.05) is 23.4 Å². The lowest BCUT2D eigenvalue weighted by molar-refractivity contribution is -0.122. The maximum Gasteiger partial charge on any atom is 0.252 e. The molecule has 3 amide bonds. The summed E-state index contributed by atoms with van der Waals surface area (Å²) in [6.45, 7) is 1.89. The molecule has 0 spiro atoms. The number of sulfonamides is 1. The highest BCUT2D eigenvalue weighted by Gasteiger charge is 2.47. The number of hydrogen-bond acceptors (Lipinski definition) is 6. The smallest absolute Gasteiger partial charge is 0.252 e. The molecule has 0 aliphatic carbocycles. The van der Waals surface area contributed by atoms with Gasteiger partial charge < -0.3 is 10.1 Å². The van der Waals surface area contributed by atoms with Crippen LogP contribution in [0.4, 0.5) is 11.4 Å². The number of rotatable bonds is 7. The van der Waals surface area contributed by atoms with Crippen LogP contribution in [0.3, 0.4) is 0 Å². The summed E-state index contributed by atoms with van der Waals surface area (Å²) >= 11 is 3.30. The van der Waals surface area contributed by atoms with Crippen LogP contribution in [0.25, 0.3) is 0 Å². The molecule has 2 aromatic carbocycles. The van der Waals surface area contributed by atoms with Crippen molar-refractivity contribution in [1.29, 1.82) is 0 Å². The predicted molar refractivity (Wildman–Crippen MR) is 129 cm³/mol. The highest BCUT2D eigenvalue weighted by Crippen LogP contribution is 2.31. The molecule has 2 saturated heterocycles. The van der Waals surface area contributed by atoms with E-state index < -0.39 is 27.9 Å². The highest BCUT2D eigenvalue weighted by molar-refractivity contribution is 9.10. The van der Waals surface area contributed by atoms with Gasteiger partial charge in [-0.15, -0.1) is 0 Å². The van der Waals surface area contributed by atoms with E-state index in [1.54, 1.807) is 24.3 Å². The van der Waals surface area contributed by atoms with Crippen LogP contribution in [0, 0.1) is 0 Å². The molecule has 2 heterocycles. The van der Waals surface area contributed by atoms with Gasteiger partial charge in [0.25, 0.3) is 5.91 Å². The van der Waals surface area contributed by atoms with Gasteiger partial charge in [0.2, 0.25) is 21.8 Å². The number of hydrogen-bond donors (Lipinski definition) is 1. The van der Waals surface area contributed by atoms with Gasteiger partial charge in [0, 0.05) is 30.2 Å². The number of imide groups is 1. The first kappa shape index (κ1) is 24.5. The van der Waals surface area contributed by atoms with Crippen LogP contribution >= 0.6 is 15.9 Å². The van der Waals surface area contributed by atoms with Gasteiger partial charge in [0.05, 0.1) is 23.1 Å². The van der Waals surface area contributed by atoms with Gasteiger partial charge >= 0.3 is 0 Å². The summed E-state index contributed by atoms with van der Waals surface area (Å²) in [4.78, 5) is 38.6. The Kier molecular flexibility index (Phi) is 7.17. The Labute approximate surface area is 206 Å². The quantitative estimate of drug-likeness (QED) is 0.531. The predicted octanol–water partition coefficient (Wildman–Crippen LogP) is 2.91. The zero-order chi connectivity index (χ0) is 24.5. The van der Waals surface area contributed by atoms with E-state index in [4.69, 9.17) is 4.74 Å². The first-order valence-corrected chi connectivity index (χ1v) is 13.0. The molecule has 34 heavy (non-hydrogen) atoms. The highest BCUT2D eigenvalue weighted by atomic mass is 79.9. The fourth-order valence-corrected chi connectivity index (χ4v) is 6.01. The van der Waals surface area contributed by atoms with Gasteiger partial charge in [-0.3, -0.25) is 14.4 Å². The van der Waals surface area contributed by atoms with E-state index in [0.717, 1.165) is 20.1 Å². The van der Waals surface area contributed by atoms with Crippen molar-refractivity contribution in [3.63, 3.8) is 0 Å². The van der Waals surface area contributed by atoms with E-state index in [1.807, 2.05) is 0 Å². The van der Waals surface area contributed by atoms with Crippen molar-refractivity contribution >= 4 is 55.0 Å². The third kappa shape index (κ3) is 5.07. The minimum absolute atomic E-state index is 0.0165. The summed E-state index contributed by atoms with van der Waals surface area (Å²) in [5, 5.41) is 2.62. The summed E-state index contributed by atoms with van der Waals surface area (Å²) in [5.74, 6) is -1.36. The van der Waals surface area contributed by atoms with Crippen LogP contribution in [-0.2, 0) is 29.1 Å². The fourth-order valence-electron chi connectivity index (χ4n) is 4.13. The third-order valence-electron chi connectivity index (χ3n) is 5.74. The second-order valence-corrected chi connectivity index (χ2v) is 11.0. The molecule has 2 aliphatic rings. The van der Waals surface area contributed by atoms with Crippen molar-refractivity contribution in [1.82, 2.24) is 4.31 Å². The summed E-state index contributed by atoms with van der Waals surface area (Å²) in [5.41, 5.74) is 0.828. The Bertz CT molecular complexity index is 1190. The molecule has 0 radical (unpaired) electrons. The van der Waals surface area contributed by atoms with Crippen molar-refractivity contribution in [3.05, 3.63) is 53.0 Å². The van der Waals surface area contributed by atoms with E-state index in [0.29, 0.717) is 24.4 Å². The molecule has 11 heteroatoms. The van der Waals surface area contributed by atoms with Crippen molar-refractivity contribution in [2.45, 2.75) is 43.2 Å². The van der Waals surface area contributed by atoms with Gasteiger partial charge in [-0.25, -0.2) is 13.3 Å². The van der Waals surface area contributed by atoms with Gasteiger partial charge in [-0.1, -0.05) is 15.9 Å². The van der Waals surface area contributed by atoms with E-state index in [2.05, 4.69) is 21.2 Å². The van der Waals surface area contributed by atoms with Crippen LogP contribution in [0.5, 0.6) is 0 Å². The summed E-state index contributed by atoms with van der Waals surface area (Å²) in [6.07, 6.45) is 0.866. The Morgan fingerprint density at radius 2 is 1.82 bits per heavy atom. The van der Waals surface area contributed by atoms with E-state index >= 15 is 0 Å². The minimum atomic E-state index is -4.09. The molecule has 180 valence electrons. The molecule has 2 aromatic rings. The Morgan fingerprint density at radius 3 is 2.41 bits per heavy atom. The lowest BCUT2D eigenvalue weighted by Crippen LogP contribution is -2.48. The van der Waals surface area contributed by atoms with Crippen LogP contribution in [0.15, 0.2) is 57.9 Å². The van der Waals surface area contributed by atoms with Crippen molar-refractivity contribution < 1.29 is 27.5 Å². The summed E-state index contributed by atoms with van der Waals surface area (Å²) in [7, 11) is -4.09. The zero-order valence-corrected chi connectivity index (χ0v) is 20.8. The van der Waals surface area contributed by atoms with Crippen LogP contribution in [0.1, 0.15) is 26.2 Å². The number of carbonyl (C=O) groups excluding carboxylic acids is 3. The minimum Gasteiger partial charge on any atom is -0.377 e. The Hall–Kier alpha value is -2.60. The van der Waals surface area contributed by atoms with Gasteiger partial charge in [0.15, 0.2) is 0 Å². The van der Waals surface area contributed by atoms with Crippen molar-refractivity contribution in [2.24, 2.45) is 0 Å². The van der Waals surface area contributed by atoms with E-state index in [1.165, 1.54) is 31.2 Å². The molecule has 0 aromatic heterocycles. The molecule has 2 unspecified atom stereocenters. The molecular weight excluding hydrogens is 526 g/mol. The topological polar surface area (TPSA) is 113 Å². The molecule has 9 nitrogen and oxygen atoms in total. The van der Waals surface area contributed by atoms with Crippen molar-refractivity contribution in [3.8, 4) is 0 Å². The molecule has 0 saturated carbocycles. The molecule has 4 rings (SSSR count). The lowest BCUT2D eigenvalue weighted by Gasteiger charge is -2.29. The lowest BCUT2D eigenvalue weighted by atomic mass is 10.2. The van der Waals surface area contributed by atoms with E-state index in [9.17, 15) is 22.8 Å². The Morgan fingerprint density at radius 1 is 1.15 bits per heavy atom. The standard InChI is InChI=1S/C23H24BrN3O6S/c1-15(28)25-17-6-8-18(9-7-17)27-22(29)13-21(23(27)30)26(14-19-3-2-12-33-19)34(31,32)20-10-4-16(24)5-11-20/h4-11,19,21H,2-3,12-14H2,1H3,(H,25,28). The fraction of sp³-hybridized carbons (Fsp3) is 0.348. The van der Waals surface area contributed by atoms with E-state index in [-0.39, 0.29) is 29.9 Å². The molecule has 1 N–H and O–H groups in total. The zero-order valence-electron chi connectivity index (χ0n) is 18.4. The first-order valence-electron chi connectivity index (χ1n) is 10.8. The monoisotopic (exact) mass is 549 g/mol. The maximum absolute atomic E-state index is 13.6. The summed E-state index contributed by atoms with van der Waals surface area (Å²) in [6, 6.07) is 11.2.